The molecule has 0 aliphatic rings. The van der Waals surface area contributed by atoms with E-state index < -0.39 is 0 Å². The van der Waals surface area contributed by atoms with Crippen LogP contribution in [-0.2, 0) is 11.3 Å². The number of aromatic hydroxyl groups is 1. The van der Waals surface area contributed by atoms with E-state index in [1.807, 2.05) is 26.0 Å². The Bertz CT molecular complexity index is 374. The molecule has 5 heteroatoms. The Hall–Kier alpha value is -0.100. The molecule has 0 fully saturated rings. The molecule has 0 aromatic heterocycles. The first-order valence-corrected chi connectivity index (χ1v) is 7.45. The number of hydrogen-bond donors (Lipinski definition) is 1. The SMILES string of the molecule is CC(C)OCCN(C)Cc1cc(Br)c(O)c(Br)c1. The van der Waals surface area contributed by atoms with Crippen LogP contribution in [0, 0.1) is 0 Å². The van der Waals surface area contributed by atoms with Gasteiger partial charge in [0.25, 0.3) is 0 Å². The maximum absolute atomic E-state index is 9.64. The summed E-state index contributed by atoms with van der Waals surface area (Å²) in [5.41, 5.74) is 1.14. The molecular formula is C13H19Br2NO2. The largest absolute Gasteiger partial charge is 0.506 e. The second-order valence-corrected chi connectivity index (χ2v) is 6.27. The van der Waals surface area contributed by atoms with Gasteiger partial charge in [0.1, 0.15) is 5.75 Å². The van der Waals surface area contributed by atoms with Crippen molar-refractivity contribution in [2.24, 2.45) is 0 Å². The van der Waals surface area contributed by atoms with Gasteiger partial charge in [-0.2, -0.15) is 0 Å². The van der Waals surface area contributed by atoms with Gasteiger partial charge in [-0.1, -0.05) is 0 Å². The molecule has 0 saturated heterocycles. The van der Waals surface area contributed by atoms with Crippen LogP contribution in [0.5, 0.6) is 5.75 Å². The smallest absolute Gasteiger partial charge is 0.143 e. The molecule has 1 aromatic carbocycles. The lowest BCUT2D eigenvalue weighted by Gasteiger charge is -2.18. The van der Waals surface area contributed by atoms with Gasteiger partial charge in [0.15, 0.2) is 0 Å². The maximum atomic E-state index is 9.64. The summed E-state index contributed by atoms with van der Waals surface area (Å²) in [5.74, 6) is 0.240. The summed E-state index contributed by atoms with van der Waals surface area (Å²) < 4.78 is 6.93. The number of ether oxygens (including phenoxy) is 1. The van der Waals surface area contributed by atoms with E-state index in [4.69, 9.17) is 4.74 Å². The minimum absolute atomic E-state index is 0.240. The van der Waals surface area contributed by atoms with E-state index in [1.54, 1.807) is 0 Å². The molecule has 0 spiro atoms. The summed E-state index contributed by atoms with van der Waals surface area (Å²) >= 11 is 6.67. The van der Waals surface area contributed by atoms with Crippen molar-refractivity contribution < 1.29 is 9.84 Å². The lowest BCUT2D eigenvalue weighted by atomic mass is 10.2. The summed E-state index contributed by atoms with van der Waals surface area (Å²) in [6.07, 6.45) is 0.273. The average molecular weight is 381 g/mol. The van der Waals surface area contributed by atoms with Crippen LogP contribution in [0.1, 0.15) is 19.4 Å². The summed E-state index contributed by atoms with van der Waals surface area (Å²) in [7, 11) is 2.05. The van der Waals surface area contributed by atoms with Crippen LogP contribution in [-0.4, -0.2) is 36.3 Å². The van der Waals surface area contributed by atoms with Gasteiger partial charge in [-0.05, 0) is 70.5 Å². The predicted molar refractivity (Wildman–Crippen MR) is 80.9 cm³/mol. The van der Waals surface area contributed by atoms with Crippen LogP contribution in [0.3, 0.4) is 0 Å². The van der Waals surface area contributed by atoms with E-state index in [0.717, 1.165) is 25.3 Å². The van der Waals surface area contributed by atoms with Crippen LogP contribution >= 0.6 is 31.9 Å². The van der Waals surface area contributed by atoms with E-state index in [0.29, 0.717) is 8.95 Å². The zero-order valence-electron chi connectivity index (χ0n) is 10.9. The van der Waals surface area contributed by atoms with Crippen LogP contribution in [0.25, 0.3) is 0 Å². The van der Waals surface area contributed by atoms with Gasteiger partial charge in [0.05, 0.1) is 21.7 Å². The van der Waals surface area contributed by atoms with Crippen molar-refractivity contribution in [2.45, 2.75) is 26.5 Å². The Morgan fingerprint density at radius 3 is 2.33 bits per heavy atom. The first-order valence-electron chi connectivity index (χ1n) is 5.87. The van der Waals surface area contributed by atoms with Gasteiger partial charge >= 0.3 is 0 Å². The monoisotopic (exact) mass is 379 g/mol. The normalized spacial score (nSPS) is 11.5. The Kier molecular flexibility index (Phi) is 6.63. The molecule has 0 amide bonds. The number of likely N-dealkylation sites (N-methyl/N-ethyl adjacent to an activating group) is 1. The number of nitrogens with zero attached hydrogens (tertiary/aromatic N) is 1. The van der Waals surface area contributed by atoms with Gasteiger partial charge < -0.3 is 9.84 Å². The molecule has 1 rings (SSSR count). The third-order valence-corrected chi connectivity index (χ3v) is 3.66. The van der Waals surface area contributed by atoms with Crippen molar-refractivity contribution in [1.82, 2.24) is 4.90 Å². The van der Waals surface area contributed by atoms with Gasteiger partial charge in [0, 0.05) is 13.1 Å². The zero-order chi connectivity index (χ0) is 13.7. The van der Waals surface area contributed by atoms with Crippen LogP contribution in [0.15, 0.2) is 21.1 Å². The number of hydrogen-bond acceptors (Lipinski definition) is 3. The first kappa shape index (κ1) is 16.0. The summed E-state index contributed by atoms with van der Waals surface area (Å²) in [6.45, 7) is 6.50. The Balaban J connectivity index is 2.51. The molecule has 3 nitrogen and oxygen atoms in total. The standard InChI is InChI=1S/C13H19Br2NO2/c1-9(2)18-5-4-16(3)8-10-6-11(14)13(17)12(15)7-10/h6-7,9,17H,4-5,8H2,1-3H3. The van der Waals surface area contributed by atoms with E-state index in [2.05, 4.69) is 43.8 Å². The highest BCUT2D eigenvalue weighted by molar-refractivity contribution is 9.11. The minimum atomic E-state index is 0.240. The Morgan fingerprint density at radius 2 is 1.83 bits per heavy atom. The van der Waals surface area contributed by atoms with Crippen molar-refractivity contribution in [1.29, 1.82) is 0 Å². The van der Waals surface area contributed by atoms with Crippen LogP contribution < -0.4 is 0 Å². The van der Waals surface area contributed by atoms with Gasteiger partial charge in [0.2, 0.25) is 0 Å². The quantitative estimate of drug-likeness (QED) is 0.815. The molecule has 102 valence electrons. The highest BCUT2D eigenvalue weighted by atomic mass is 79.9. The predicted octanol–water partition coefficient (Wildman–Crippen LogP) is 3.77. The molecule has 0 radical (unpaired) electrons. The lowest BCUT2D eigenvalue weighted by Crippen LogP contribution is -2.24. The molecule has 0 aliphatic heterocycles. The van der Waals surface area contributed by atoms with Crippen molar-refractivity contribution in [3.63, 3.8) is 0 Å². The van der Waals surface area contributed by atoms with Gasteiger partial charge in [-0.15, -0.1) is 0 Å². The molecule has 18 heavy (non-hydrogen) atoms. The summed E-state index contributed by atoms with van der Waals surface area (Å²) in [5, 5.41) is 9.64. The third-order valence-electron chi connectivity index (χ3n) is 2.45. The number of rotatable bonds is 6. The molecule has 0 saturated carbocycles. The van der Waals surface area contributed by atoms with Crippen molar-refractivity contribution >= 4 is 31.9 Å². The van der Waals surface area contributed by atoms with Gasteiger partial charge in [-0.3, -0.25) is 4.90 Å². The number of phenolic OH excluding ortho intramolecular Hbond substituents is 1. The van der Waals surface area contributed by atoms with E-state index in [1.165, 1.54) is 0 Å². The second kappa shape index (κ2) is 7.48. The molecule has 0 bridgehead atoms. The molecule has 0 atom stereocenters. The number of phenols is 1. The fraction of sp³-hybridized carbons (Fsp3) is 0.538. The van der Waals surface area contributed by atoms with Crippen molar-refractivity contribution in [3.8, 4) is 5.75 Å². The van der Waals surface area contributed by atoms with E-state index in [9.17, 15) is 5.11 Å². The average Bonchev–Trinajstić information content (AvgIpc) is 2.25. The summed E-state index contributed by atoms with van der Waals surface area (Å²) in [4.78, 5) is 2.19. The lowest BCUT2D eigenvalue weighted by molar-refractivity contribution is 0.0627. The third kappa shape index (κ3) is 5.26. The fourth-order valence-corrected chi connectivity index (χ4v) is 2.83. The first-order chi connectivity index (χ1) is 8.40. The summed E-state index contributed by atoms with van der Waals surface area (Å²) in [6, 6.07) is 3.86. The van der Waals surface area contributed by atoms with Crippen molar-refractivity contribution in [3.05, 3.63) is 26.6 Å². The van der Waals surface area contributed by atoms with Crippen LogP contribution in [0.2, 0.25) is 0 Å². The Labute approximate surface area is 125 Å². The van der Waals surface area contributed by atoms with Crippen molar-refractivity contribution in [2.75, 3.05) is 20.2 Å². The molecule has 0 aliphatic carbocycles. The number of benzene rings is 1. The minimum Gasteiger partial charge on any atom is -0.506 e. The van der Waals surface area contributed by atoms with E-state index in [-0.39, 0.29) is 11.9 Å². The molecule has 1 aromatic rings. The highest BCUT2D eigenvalue weighted by Crippen LogP contribution is 2.33. The van der Waals surface area contributed by atoms with E-state index >= 15 is 0 Å². The highest BCUT2D eigenvalue weighted by Gasteiger charge is 2.08. The molecule has 0 heterocycles. The number of halogens is 2. The van der Waals surface area contributed by atoms with Crippen LogP contribution in [0.4, 0.5) is 0 Å². The molecular weight excluding hydrogens is 362 g/mol. The topological polar surface area (TPSA) is 32.7 Å². The maximum Gasteiger partial charge on any atom is 0.143 e. The zero-order valence-corrected chi connectivity index (χ0v) is 14.1. The Morgan fingerprint density at radius 1 is 1.28 bits per heavy atom. The second-order valence-electron chi connectivity index (χ2n) is 4.57. The molecule has 0 unspecified atom stereocenters. The molecule has 1 N–H and O–H groups in total. The fourth-order valence-electron chi connectivity index (χ4n) is 1.54. The van der Waals surface area contributed by atoms with Gasteiger partial charge in [-0.25, -0.2) is 0 Å².